The maximum Gasteiger partial charge on any atom is 0.336 e. The molecular formula is C36H39N3O10. The van der Waals surface area contributed by atoms with Crippen molar-refractivity contribution in [3.63, 3.8) is 0 Å². The number of carboxylic acid groups (broad SMARTS) is 2. The molecule has 0 aliphatic heterocycles. The van der Waals surface area contributed by atoms with Crippen molar-refractivity contribution in [2.24, 2.45) is 0 Å². The molecule has 0 unspecified atom stereocenters. The fourth-order valence-electron chi connectivity index (χ4n) is 5.13. The van der Waals surface area contributed by atoms with E-state index in [1.807, 2.05) is 31.3 Å². The Morgan fingerprint density at radius 1 is 0.653 bits per heavy atom. The van der Waals surface area contributed by atoms with Gasteiger partial charge in [-0.15, -0.1) is 0 Å². The zero-order valence-electron chi connectivity index (χ0n) is 27.2. The Kier molecular flexibility index (Phi) is 12.9. The average molecular weight is 674 g/mol. The van der Waals surface area contributed by atoms with Crippen molar-refractivity contribution in [1.29, 1.82) is 0 Å². The van der Waals surface area contributed by atoms with Gasteiger partial charge in [0, 0.05) is 52.0 Å². The number of carbonyl (C=O) groups is 2. The lowest BCUT2D eigenvalue weighted by atomic mass is 10.0. The van der Waals surface area contributed by atoms with Crippen LogP contribution >= 0.6 is 0 Å². The number of aromatic carboxylic acids is 2. The van der Waals surface area contributed by atoms with Crippen LogP contribution in [0.3, 0.4) is 0 Å². The summed E-state index contributed by atoms with van der Waals surface area (Å²) in [6, 6.07) is 14.7. The molecule has 3 N–H and O–H groups in total. The molecule has 0 radical (unpaired) electrons. The normalized spacial score (nSPS) is 11.3. The molecule has 13 nitrogen and oxygen atoms in total. The van der Waals surface area contributed by atoms with Gasteiger partial charge in [0.1, 0.15) is 19.0 Å². The number of aromatic amines is 1. The number of nitrogens with one attached hydrogen (secondary N) is 1. The molecule has 2 aromatic carbocycles. The summed E-state index contributed by atoms with van der Waals surface area (Å²) < 4.78 is 33.4. The number of benzene rings is 2. The molecular weight excluding hydrogens is 634 g/mol. The summed E-state index contributed by atoms with van der Waals surface area (Å²) in [5, 5.41) is 20.8. The van der Waals surface area contributed by atoms with Crippen LogP contribution < -0.4 is 9.47 Å². The minimum atomic E-state index is -1.33. The summed E-state index contributed by atoms with van der Waals surface area (Å²) in [5.41, 5.74) is 4.19. The van der Waals surface area contributed by atoms with Crippen molar-refractivity contribution in [3.05, 3.63) is 83.8 Å². The number of H-pyrrole nitrogens is 1. The van der Waals surface area contributed by atoms with Crippen molar-refractivity contribution in [1.82, 2.24) is 15.0 Å². The van der Waals surface area contributed by atoms with E-state index in [1.165, 1.54) is 12.1 Å². The number of carboxylic acids is 2. The molecule has 0 saturated heterocycles. The Morgan fingerprint density at radius 2 is 1.27 bits per heavy atom. The molecule has 0 aliphatic rings. The highest BCUT2D eigenvalue weighted by molar-refractivity contribution is 6.07. The topological polar surface area (TPSA) is 172 Å². The van der Waals surface area contributed by atoms with Crippen LogP contribution in [0.25, 0.3) is 32.9 Å². The van der Waals surface area contributed by atoms with Gasteiger partial charge in [-0.1, -0.05) is 19.1 Å². The summed E-state index contributed by atoms with van der Waals surface area (Å²) in [5.74, 6) is -1.77. The number of hydrogen-bond acceptors (Lipinski definition) is 10. The van der Waals surface area contributed by atoms with E-state index in [4.69, 9.17) is 28.4 Å². The van der Waals surface area contributed by atoms with E-state index in [-0.39, 0.29) is 24.3 Å². The summed E-state index contributed by atoms with van der Waals surface area (Å²) in [6.45, 7) is 5.46. The second-order valence-electron chi connectivity index (χ2n) is 10.8. The van der Waals surface area contributed by atoms with Crippen LogP contribution in [0, 0.1) is 0 Å². The van der Waals surface area contributed by atoms with Crippen molar-refractivity contribution in [2.45, 2.75) is 13.3 Å². The van der Waals surface area contributed by atoms with E-state index in [2.05, 4.69) is 33.2 Å². The van der Waals surface area contributed by atoms with Crippen LogP contribution in [0.5, 0.6) is 11.6 Å². The first kappa shape index (κ1) is 35.2. The van der Waals surface area contributed by atoms with Crippen molar-refractivity contribution < 1.29 is 48.2 Å². The molecule has 3 aromatic heterocycles. The van der Waals surface area contributed by atoms with Gasteiger partial charge in [0.15, 0.2) is 0 Å². The Labute approximate surface area is 282 Å². The van der Waals surface area contributed by atoms with E-state index in [9.17, 15) is 19.8 Å². The van der Waals surface area contributed by atoms with E-state index < -0.39 is 11.9 Å². The summed E-state index contributed by atoms with van der Waals surface area (Å²) in [4.78, 5) is 34.9. The number of hydrogen-bond donors (Lipinski definition) is 3. The maximum atomic E-state index is 11.4. The van der Waals surface area contributed by atoms with Crippen LogP contribution in [0.2, 0.25) is 0 Å². The number of aryl methyl sites for hydroxylation is 1. The minimum Gasteiger partial charge on any atom is -0.491 e. The summed E-state index contributed by atoms with van der Waals surface area (Å²) >= 11 is 0. The molecule has 13 heteroatoms. The first-order valence-corrected chi connectivity index (χ1v) is 16.0. The maximum absolute atomic E-state index is 11.4. The van der Waals surface area contributed by atoms with Gasteiger partial charge in [0.2, 0.25) is 5.88 Å². The molecule has 49 heavy (non-hydrogen) atoms. The van der Waals surface area contributed by atoms with E-state index in [0.29, 0.717) is 76.5 Å². The van der Waals surface area contributed by atoms with E-state index >= 15 is 0 Å². The number of ether oxygens (including phenoxy) is 6. The fraction of sp³-hybridized carbons (Fsp3) is 0.333. The Morgan fingerprint density at radius 3 is 1.88 bits per heavy atom. The second kappa shape index (κ2) is 17.9. The molecule has 258 valence electrons. The molecule has 5 rings (SSSR count). The third-order valence-electron chi connectivity index (χ3n) is 7.59. The first-order valence-electron chi connectivity index (χ1n) is 16.0. The third kappa shape index (κ3) is 9.74. The third-order valence-corrected chi connectivity index (χ3v) is 7.59. The second-order valence-corrected chi connectivity index (χ2v) is 10.8. The van der Waals surface area contributed by atoms with Gasteiger partial charge in [-0.05, 0) is 47.9 Å². The minimum absolute atomic E-state index is 0.178. The predicted octanol–water partition coefficient (Wildman–Crippen LogP) is 5.26. The van der Waals surface area contributed by atoms with Crippen LogP contribution in [0.15, 0.2) is 67.1 Å². The van der Waals surface area contributed by atoms with Crippen LogP contribution in [-0.2, 0) is 25.4 Å². The molecule has 0 fully saturated rings. The Balaban J connectivity index is 0.863. The molecule has 0 atom stereocenters. The highest BCUT2D eigenvalue weighted by Gasteiger charge is 2.20. The number of rotatable bonds is 21. The zero-order chi connectivity index (χ0) is 34.4. The molecule has 0 aliphatic carbocycles. The molecule has 0 saturated carbocycles. The van der Waals surface area contributed by atoms with Gasteiger partial charge in [0.25, 0.3) is 0 Å². The van der Waals surface area contributed by atoms with Crippen LogP contribution in [-0.4, -0.2) is 103 Å². The first-order chi connectivity index (χ1) is 23.9. The van der Waals surface area contributed by atoms with Crippen molar-refractivity contribution in [2.75, 3.05) is 66.1 Å². The fourth-order valence-corrected chi connectivity index (χ4v) is 5.13. The number of aromatic nitrogens is 3. The number of fused-ring (bicyclic) bond motifs is 3. The molecule has 0 amide bonds. The molecule has 0 spiro atoms. The van der Waals surface area contributed by atoms with Gasteiger partial charge in [-0.2, -0.15) is 0 Å². The largest absolute Gasteiger partial charge is 0.491 e. The summed E-state index contributed by atoms with van der Waals surface area (Å²) in [6.07, 6.45) is 5.94. The van der Waals surface area contributed by atoms with Crippen LogP contribution in [0.4, 0.5) is 0 Å². The Hall–Kier alpha value is -5.08. The summed E-state index contributed by atoms with van der Waals surface area (Å²) in [7, 11) is 0. The predicted molar refractivity (Wildman–Crippen MR) is 181 cm³/mol. The quantitative estimate of drug-likeness (QED) is 0.0865. The van der Waals surface area contributed by atoms with Crippen LogP contribution in [0.1, 0.15) is 33.2 Å². The van der Waals surface area contributed by atoms with E-state index in [1.54, 1.807) is 12.4 Å². The monoisotopic (exact) mass is 673 g/mol. The van der Waals surface area contributed by atoms with E-state index in [0.717, 1.165) is 32.9 Å². The van der Waals surface area contributed by atoms with Gasteiger partial charge < -0.3 is 43.6 Å². The average Bonchev–Trinajstić information content (AvgIpc) is 3.49. The number of pyridine rings is 2. The van der Waals surface area contributed by atoms with Gasteiger partial charge >= 0.3 is 11.9 Å². The van der Waals surface area contributed by atoms with Crippen molar-refractivity contribution in [3.8, 4) is 22.8 Å². The lowest BCUT2D eigenvalue weighted by molar-refractivity contribution is -0.00712. The van der Waals surface area contributed by atoms with Gasteiger partial charge in [0.05, 0.1) is 64.0 Å². The SMILES string of the molecule is CCc1cc(C(=O)O)c(C(=O)O)cc1OCCOCCOCCOCCOCCOc1ccc(-c2ccc3c(c2)[nH]c2ccncc23)cn1. The highest BCUT2D eigenvalue weighted by atomic mass is 16.6. The molecule has 0 bridgehead atoms. The standard InChI is InChI=1S/C36H39N3O10/c1-2-24-19-28(35(40)41)29(36(42)43)21-33(24)48-17-15-46-13-11-44-9-10-45-12-14-47-16-18-49-34-6-4-26(22-38-34)25-3-5-27-30-23-37-8-7-31(30)39-32(27)20-25/h3-8,19-23,39H,2,9-18H2,1H3,(H,40,41)(H,42,43). The zero-order valence-corrected chi connectivity index (χ0v) is 27.2. The van der Waals surface area contributed by atoms with Crippen molar-refractivity contribution >= 4 is 33.7 Å². The number of nitrogens with zero attached hydrogens (tertiary/aromatic N) is 2. The Bertz CT molecular complexity index is 1840. The van der Waals surface area contributed by atoms with Gasteiger partial charge in [-0.3, -0.25) is 4.98 Å². The highest BCUT2D eigenvalue weighted by Crippen LogP contribution is 2.29. The van der Waals surface area contributed by atoms with Gasteiger partial charge in [-0.25, -0.2) is 14.6 Å². The smallest absolute Gasteiger partial charge is 0.336 e. The molecule has 3 heterocycles. The molecule has 5 aromatic rings. The lowest BCUT2D eigenvalue weighted by Crippen LogP contribution is -2.15. The lowest BCUT2D eigenvalue weighted by Gasteiger charge is -2.13.